The van der Waals surface area contributed by atoms with Crippen LogP contribution in [0.1, 0.15) is 32.3 Å². The molecule has 1 unspecified atom stereocenters. The molecule has 2 amide bonds. The second-order valence-corrected chi connectivity index (χ2v) is 9.88. The predicted octanol–water partition coefficient (Wildman–Crippen LogP) is 3.07. The molecule has 0 fully saturated rings. The van der Waals surface area contributed by atoms with Crippen LogP contribution in [0.3, 0.4) is 0 Å². The molecule has 0 spiro atoms. The highest BCUT2D eigenvalue weighted by molar-refractivity contribution is 7.92. The fraction of sp³-hybridized carbons (Fsp3) is 0.417. The maximum Gasteiger partial charge on any atom is 0.242 e. The van der Waals surface area contributed by atoms with Crippen molar-refractivity contribution in [2.24, 2.45) is 0 Å². The number of rotatable bonds is 12. The molecule has 2 aromatic carbocycles. The van der Waals surface area contributed by atoms with E-state index in [1.165, 1.54) is 4.90 Å². The third-order valence-electron chi connectivity index (χ3n) is 5.37. The first-order valence-corrected chi connectivity index (χ1v) is 13.0. The number of likely N-dealkylation sites (N-methyl/N-ethyl adjacent to an activating group) is 1. The molecule has 0 heterocycles. The van der Waals surface area contributed by atoms with E-state index in [0.717, 1.165) is 34.3 Å². The van der Waals surface area contributed by atoms with Crippen molar-refractivity contribution in [1.82, 2.24) is 10.2 Å². The minimum absolute atomic E-state index is 0.0374. The normalized spacial score (nSPS) is 12.1. The summed E-state index contributed by atoms with van der Waals surface area (Å²) >= 11 is 0. The smallest absolute Gasteiger partial charge is 0.242 e. The summed E-state index contributed by atoms with van der Waals surface area (Å²) in [4.78, 5) is 27.0. The van der Waals surface area contributed by atoms with Gasteiger partial charge >= 0.3 is 0 Å². The molecule has 8 nitrogen and oxygen atoms in total. The van der Waals surface area contributed by atoms with E-state index >= 15 is 0 Å². The van der Waals surface area contributed by atoms with Gasteiger partial charge in [0.2, 0.25) is 21.8 Å². The van der Waals surface area contributed by atoms with Gasteiger partial charge in [-0.15, -0.1) is 0 Å². The summed E-state index contributed by atoms with van der Waals surface area (Å²) < 4.78 is 57.5. The Morgan fingerprint density at radius 1 is 1.09 bits per heavy atom. The van der Waals surface area contributed by atoms with Crippen molar-refractivity contribution in [3.05, 3.63) is 59.7 Å². The predicted molar refractivity (Wildman–Crippen MR) is 129 cm³/mol. The van der Waals surface area contributed by atoms with Crippen LogP contribution in [0.4, 0.5) is 14.5 Å². The Bertz CT molecular complexity index is 1130. The van der Waals surface area contributed by atoms with Gasteiger partial charge in [0.1, 0.15) is 11.8 Å². The number of anilines is 1. The number of amides is 2. The Labute approximate surface area is 204 Å². The monoisotopic (exact) mass is 511 g/mol. The Morgan fingerprint density at radius 2 is 1.74 bits per heavy atom. The topological polar surface area (TPSA) is 96.0 Å². The van der Waals surface area contributed by atoms with Gasteiger partial charge in [-0.25, -0.2) is 17.2 Å². The quantitative estimate of drug-likeness (QED) is 0.473. The van der Waals surface area contributed by atoms with Crippen molar-refractivity contribution in [3.8, 4) is 5.75 Å². The zero-order valence-electron chi connectivity index (χ0n) is 20.3. The standard InChI is InChI=1S/C24H31F2N3O5S/c1-5-27-24(31)17(2)28(16-18-8-11-20(34-3)12-9-18)23(30)7-6-14-29(35(4,32)33)19-10-13-21(25)22(26)15-19/h8-13,15,17H,5-7,14,16H2,1-4H3,(H,27,31). The van der Waals surface area contributed by atoms with Gasteiger partial charge in [0, 0.05) is 32.1 Å². The van der Waals surface area contributed by atoms with Crippen LogP contribution in [0.15, 0.2) is 42.5 Å². The molecule has 2 aromatic rings. The molecular formula is C24H31F2N3O5S. The SMILES string of the molecule is CCNC(=O)C(C)N(Cc1ccc(OC)cc1)C(=O)CCCN(c1ccc(F)c(F)c1)S(C)(=O)=O. The number of hydrogen-bond donors (Lipinski definition) is 1. The van der Waals surface area contributed by atoms with Crippen molar-refractivity contribution in [2.75, 3.05) is 30.8 Å². The first-order valence-electron chi connectivity index (χ1n) is 11.1. The van der Waals surface area contributed by atoms with Crippen LogP contribution in [0.5, 0.6) is 5.75 Å². The van der Waals surface area contributed by atoms with E-state index in [2.05, 4.69) is 5.32 Å². The van der Waals surface area contributed by atoms with Crippen LogP contribution in [-0.2, 0) is 26.2 Å². The number of nitrogens with zero attached hydrogens (tertiary/aromatic N) is 2. The Morgan fingerprint density at radius 3 is 2.29 bits per heavy atom. The Kier molecular flexibility index (Phi) is 10.00. The molecule has 0 saturated carbocycles. The largest absolute Gasteiger partial charge is 0.497 e. The van der Waals surface area contributed by atoms with Gasteiger partial charge in [-0.1, -0.05) is 12.1 Å². The highest BCUT2D eigenvalue weighted by atomic mass is 32.2. The summed E-state index contributed by atoms with van der Waals surface area (Å²) in [5, 5.41) is 2.70. The number of hydrogen-bond acceptors (Lipinski definition) is 5. The van der Waals surface area contributed by atoms with Gasteiger partial charge in [0.25, 0.3) is 0 Å². The van der Waals surface area contributed by atoms with Gasteiger partial charge in [-0.2, -0.15) is 0 Å². The third kappa shape index (κ3) is 7.91. The first kappa shape index (κ1) is 28.0. The molecule has 2 rings (SSSR count). The highest BCUT2D eigenvalue weighted by Crippen LogP contribution is 2.22. The van der Waals surface area contributed by atoms with Gasteiger partial charge in [-0.3, -0.25) is 13.9 Å². The first-order chi connectivity index (χ1) is 16.5. The average molecular weight is 512 g/mol. The van der Waals surface area contributed by atoms with Crippen molar-refractivity contribution in [3.63, 3.8) is 0 Å². The number of carbonyl (C=O) groups is 2. The molecule has 1 N–H and O–H groups in total. The summed E-state index contributed by atoms with van der Waals surface area (Å²) in [6.07, 6.45) is 0.991. The third-order valence-corrected chi connectivity index (χ3v) is 6.57. The molecule has 35 heavy (non-hydrogen) atoms. The van der Waals surface area contributed by atoms with E-state index in [-0.39, 0.29) is 43.4 Å². The molecule has 0 aliphatic heterocycles. The molecular weight excluding hydrogens is 480 g/mol. The lowest BCUT2D eigenvalue weighted by atomic mass is 10.1. The summed E-state index contributed by atoms with van der Waals surface area (Å²) in [5.74, 6) is -2.27. The van der Waals surface area contributed by atoms with E-state index in [0.29, 0.717) is 12.3 Å². The van der Waals surface area contributed by atoms with Gasteiger partial charge in [0.15, 0.2) is 11.6 Å². The van der Waals surface area contributed by atoms with Crippen molar-refractivity contribution < 1.29 is 31.5 Å². The fourth-order valence-corrected chi connectivity index (χ4v) is 4.43. The van der Waals surface area contributed by atoms with E-state index in [1.807, 2.05) is 0 Å². The number of halogens is 2. The van der Waals surface area contributed by atoms with Crippen LogP contribution in [0.25, 0.3) is 0 Å². The zero-order chi connectivity index (χ0) is 26.2. The van der Waals surface area contributed by atoms with Gasteiger partial charge in [-0.05, 0) is 50.1 Å². The number of methoxy groups -OCH3 is 1. The molecule has 192 valence electrons. The number of ether oxygens (including phenoxy) is 1. The Hall–Kier alpha value is -3.21. The number of carbonyl (C=O) groups excluding carboxylic acids is 2. The molecule has 0 aromatic heterocycles. The molecule has 0 aliphatic carbocycles. The van der Waals surface area contributed by atoms with Crippen LogP contribution < -0.4 is 14.4 Å². The molecule has 1 atom stereocenters. The highest BCUT2D eigenvalue weighted by Gasteiger charge is 2.26. The minimum atomic E-state index is -3.81. The number of nitrogens with one attached hydrogen (secondary N) is 1. The molecule has 0 saturated heterocycles. The Balaban J connectivity index is 2.17. The van der Waals surface area contributed by atoms with E-state index in [1.54, 1.807) is 45.2 Å². The lowest BCUT2D eigenvalue weighted by Crippen LogP contribution is -2.47. The van der Waals surface area contributed by atoms with Crippen molar-refractivity contribution in [2.45, 2.75) is 39.3 Å². The fourth-order valence-electron chi connectivity index (χ4n) is 3.48. The maximum atomic E-state index is 13.7. The minimum Gasteiger partial charge on any atom is -0.497 e. The van der Waals surface area contributed by atoms with E-state index in [9.17, 15) is 26.8 Å². The number of sulfonamides is 1. The lowest BCUT2D eigenvalue weighted by Gasteiger charge is -2.29. The van der Waals surface area contributed by atoms with Crippen LogP contribution in [0, 0.1) is 11.6 Å². The lowest BCUT2D eigenvalue weighted by molar-refractivity contribution is -0.140. The van der Waals surface area contributed by atoms with E-state index in [4.69, 9.17) is 4.74 Å². The average Bonchev–Trinajstić information content (AvgIpc) is 2.81. The zero-order valence-corrected chi connectivity index (χ0v) is 21.1. The van der Waals surface area contributed by atoms with Gasteiger partial charge in [0.05, 0.1) is 19.1 Å². The summed E-state index contributed by atoms with van der Waals surface area (Å²) in [6, 6.07) is 9.12. The molecule has 0 aliphatic rings. The van der Waals surface area contributed by atoms with E-state index < -0.39 is 27.7 Å². The second kappa shape index (κ2) is 12.5. The summed E-state index contributed by atoms with van der Waals surface area (Å²) in [7, 11) is -2.27. The molecule has 0 bridgehead atoms. The van der Waals surface area contributed by atoms with Crippen molar-refractivity contribution >= 4 is 27.5 Å². The summed E-state index contributed by atoms with van der Waals surface area (Å²) in [6.45, 7) is 3.85. The van der Waals surface area contributed by atoms with Crippen LogP contribution in [0.2, 0.25) is 0 Å². The van der Waals surface area contributed by atoms with Crippen LogP contribution >= 0.6 is 0 Å². The van der Waals surface area contributed by atoms with Crippen LogP contribution in [-0.4, -0.2) is 57.6 Å². The molecule has 11 heteroatoms. The summed E-state index contributed by atoms with van der Waals surface area (Å²) in [5.41, 5.74) is 0.750. The maximum absolute atomic E-state index is 13.7. The van der Waals surface area contributed by atoms with Crippen molar-refractivity contribution in [1.29, 1.82) is 0 Å². The second-order valence-electron chi connectivity index (χ2n) is 7.98. The number of benzene rings is 2. The molecule has 0 radical (unpaired) electrons. The van der Waals surface area contributed by atoms with Gasteiger partial charge < -0.3 is 15.0 Å².